The maximum atomic E-state index is 7.12. The van der Waals surface area contributed by atoms with Crippen molar-refractivity contribution in [3.8, 4) is 33.4 Å². The summed E-state index contributed by atoms with van der Waals surface area (Å²) in [5.41, 5.74) is 19.0. The summed E-state index contributed by atoms with van der Waals surface area (Å²) in [4.78, 5) is 4.77. The minimum absolute atomic E-state index is 0.346. The van der Waals surface area contributed by atoms with E-state index in [0.29, 0.717) is 0 Å². The normalized spacial score (nSPS) is 12.8. The smallest absolute Gasteiger partial charge is 0.159 e. The zero-order valence-electron chi connectivity index (χ0n) is 41.5. The van der Waals surface area contributed by atoms with E-state index < -0.39 is 0 Å². The molecule has 354 valence electrons. The Hall–Kier alpha value is -9.64. The maximum absolute atomic E-state index is 7.12. The maximum Gasteiger partial charge on any atom is 0.159 e. The molecule has 0 unspecified atom stereocenters. The number of benzene rings is 12. The van der Waals surface area contributed by atoms with Gasteiger partial charge in [-0.1, -0.05) is 202 Å². The molecule has 2 aromatic heterocycles. The largest absolute Gasteiger partial charge is 0.453 e. The van der Waals surface area contributed by atoms with Crippen molar-refractivity contribution >= 4 is 99.5 Å². The fraction of sp³-hybridized carbons (Fsp3) is 0.0423. The highest BCUT2D eigenvalue weighted by atomic mass is 16.3. The Kier molecular flexibility index (Phi) is 9.58. The van der Waals surface area contributed by atoms with Crippen LogP contribution < -0.4 is 9.80 Å². The fourth-order valence-electron chi connectivity index (χ4n) is 12.3. The summed E-state index contributed by atoms with van der Waals surface area (Å²) in [6.45, 7) is 4.79. The highest BCUT2D eigenvalue weighted by molar-refractivity contribution is 6.17. The molecule has 0 radical (unpaired) electrons. The molecule has 0 saturated heterocycles. The van der Waals surface area contributed by atoms with Crippen molar-refractivity contribution in [2.75, 3.05) is 9.80 Å². The number of nitrogens with zero attached hydrogens (tertiary/aromatic N) is 2. The molecule has 2 heterocycles. The van der Waals surface area contributed by atoms with Gasteiger partial charge >= 0.3 is 0 Å². The van der Waals surface area contributed by atoms with Gasteiger partial charge in [-0.05, 0) is 116 Å². The number of anilines is 6. The molecule has 0 fully saturated rings. The summed E-state index contributed by atoms with van der Waals surface area (Å²) < 4.78 is 14.2. The van der Waals surface area contributed by atoms with Crippen LogP contribution in [0.2, 0.25) is 0 Å². The zero-order valence-corrected chi connectivity index (χ0v) is 41.5. The van der Waals surface area contributed by atoms with E-state index in [0.717, 1.165) is 100 Å². The van der Waals surface area contributed by atoms with Crippen LogP contribution in [0.3, 0.4) is 0 Å². The summed E-state index contributed by atoms with van der Waals surface area (Å²) in [5, 5.41) is 9.14. The number of hydrogen-bond donors (Lipinski definition) is 0. The van der Waals surface area contributed by atoms with E-state index >= 15 is 0 Å². The third-order valence-electron chi connectivity index (χ3n) is 15.8. The topological polar surface area (TPSA) is 32.8 Å². The molecule has 1 aliphatic carbocycles. The second kappa shape index (κ2) is 16.7. The van der Waals surface area contributed by atoms with Crippen LogP contribution >= 0.6 is 0 Å². The molecular weight excluding hydrogens is 913 g/mol. The molecule has 1 aliphatic rings. The Morgan fingerprint density at radius 2 is 0.760 bits per heavy atom. The van der Waals surface area contributed by atoms with Crippen LogP contribution in [0.15, 0.2) is 264 Å². The Balaban J connectivity index is 0.897. The molecule has 0 N–H and O–H groups in total. The van der Waals surface area contributed by atoms with E-state index in [9.17, 15) is 0 Å². The lowest BCUT2D eigenvalue weighted by atomic mass is 9.81. The van der Waals surface area contributed by atoms with Crippen LogP contribution in [0, 0.1) is 0 Å². The van der Waals surface area contributed by atoms with Crippen molar-refractivity contribution in [2.45, 2.75) is 19.3 Å². The summed E-state index contributed by atoms with van der Waals surface area (Å²) in [6, 6.07) is 91.8. The average Bonchev–Trinajstić information content (AvgIpc) is 4.22. The van der Waals surface area contributed by atoms with Crippen LogP contribution in [0.1, 0.15) is 25.0 Å². The molecule has 75 heavy (non-hydrogen) atoms. The first-order valence-corrected chi connectivity index (χ1v) is 25.8. The first kappa shape index (κ1) is 43.0. The Labute approximate surface area is 434 Å². The van der Waals surface area contributed by atoms with Crippen LogP contribution in [-0.2, 0) is 5.41 Å². The molecule has 0 aliphatic heterocycles. The minimum atomic E-state index is -0.346. The van der Waals surface area contributed by atoms with Crippen LogP contribution in [0.5, 0.6) is 0 Å². The van der Waals surface area contributed by atoms with Crippen LogP contribution in [-0.4, -0.2) is 0 Å². The van der Waals surface area contributed by atoms with Gasteiger partial charge < -0.3 is 18.6 Å². The SMILES string of the molecule is CC1(C)c2cc3cc(N(c4ccccc4)c4cccc5c4oc4c(-c6ccccc6)cccc45)ccc3cc2-c2c1cc(N(c1ccccc1)c1cccc3c1oc1c(-c4ccccc4)cccc13)c1ccccc21. The van der Waals surface area contributed by atoms with Gasteiger partial charge in [0.25, 0.3) is 0 Å². The molecule has 0 amide bonds. The summed E-state index contributed by atoms with van der Waals surface area (Å²) >= 11 is 0. The van der Waals surface area contributed by atoms with E-state index in [4.69, 9.17) is 8.83 Å². The first-order valence-electron chi connectivity index (χ1n) is 25.8. The predicted molar refractivity (Wildman–Crippen MR) is 314 cm³/mol. The number of rotatable bonds is 8. The van der Waals surface area contributed by atoms with Gasteiger partial charge in [0.15, 0.2) is 11.2 Å². The van der Waals surface area contributed by atoms with Crippen LogP contribution in [0.4, 0.5) is 34.1 Å². The molecule has 4 nitrogen and oxygen atoms in total. The summed E-state index contributed by atoms with van der Waals surface area (Å²) in [7, 11) is 0. The highest BCUT2D eigenvalue weighted by Crippen LogP contribution is 2.56. The van der Waals surface area contributed by atoms with E-state index in [1.54, 1.807) is 0 Å². The van der Waals surface area contributed by atoms with Gasteiger partial charge in [-0.25, -0.2) is 0 Å². The Bertz CT molecular complexity index is 4560. The van der Waals surface area contributed by atoms with Crippen molar-refractivity contribution in [1.82, 2.24) is 0 Å². The lowest BCUT2D eigenvalue weighted by Crippen LogP contribution is -2.17. The number of hydrogen-bond acceptors (Lipinski definition) is 4. The Morgan fingerprint density at radius 1 is 0.293 bits per heavy atom. The van der Waals surface area contributed by atoms with Gasteiger partial charge in [0.05, 0.1) is 17.1 Å². The molecule has 12 aromatic carbocycles. The van der Waals surface area contributed by atoms with Gasteiger partial charge in [0.1, 0.15) is 11.2 Å². The minimum Gasteiger partial charge on any atom is -0.453 e. The summed E-state index contributed by atoms with van der Waals surface area (Å²) in [6.07, 6.45) is 0. The number of para-hydroxylation sites is 6. The third-order valence-corrected chi connectivity index (χ3v) is 15.8. The predicted octanol–water partition coefficient (Wildman–Crippen LogP) is 20.4. The van der Waals surface area contributed by atoms with Gasteiger partial charge in [0, 0.05) is 60.5 Å². The molecule has 14 aromatic rings. The molecule has 0 atom stereocenters. The van der Waals surface area contributed by atoms with Crippen molar-refractivity contribution in [2.24, 2.45) is 0 Å². The standard InChI is InChI=1S/C71H48N2O2/c1-71(2)61-43-48-41-51(72(49-25-11-5-12-26-49)63-37-19-35-58-56-33-17-31-52(67(56)74-69(58)63)45-21-7-3-8-22-45)40-39-47(48)42-60(61)66-55-30-16-15-29-54(55)65(44-62(66)71)73(50-27-13-6-14-28-50)64-38-20-36-59-57-34-18-32-53(68(57)75-70(59)64)46-23-9-4-10-24-46/h3-44H,1-2H3. The van der Waals surface area contributed by atoms with Gasteiger partial charge in [-0.2, -0.15) is 0 Å². The summed E-state index contributed by atoms with van der Waals surface area (Å²) in [5.74, 6) is 0. The van der Waals surface area contributed by atoms with Crippen molar-refractivity contribution in [3.05, 3.63) is 266 Å². The lowest BCUT2D eigenvalue weighted by molar-refractivity contribution is 0.661. The van der Waals surface area contributed by atoms with Crippen LogP contribution in [0.25, 0.3) is 98.8 Å². The lowest BCUT2D eigenvalue weighted by Gasteiger charge is -2.29. The quantitative estimate of drug-likeness (QED) is 0.152. The monoisotopic (exact) mass is 960 g/mol. The van der Waals surface area contributed by atoms with E-state index in [2.05, 4.69) is 278 Å². The molecule has 0 spiro atoms. The zero-order chi connectivity index (χ0) is 49.8. The fourth-order valence-corrected chi connectivity index (χ4v) is 12.3. The van der Waals surface area contributed by atoms with E-state index in [-0.39, 0.29) is 5.41 Å². The third kappa shape index (κ3) is 6.63. The van der Waals surface area contributed by atoms with E-state index in [1.807, 2.05) is 0 Å². The van der Waals surface area contributed by atoms with Crippen molar-refractivity contribution < 1.29 is 8.83 Å². The van der Waals surface area contributed by atoms with E-state index in [1.165, 1.54) is 43.8 Å². The van der Waals surface area contributed by atoms with Gasteiger partial charge in [-0.15, -0.1) is 0 Å². The molecule has 0 saturated carbocycles. The van der Waals surface area contributed by atoms with Gasteiger partial charge in [0.2, 0.25) is 0 Å². The first-order chi connectivity index (χ1) is 37.0. The molecular formula is C71H48N2O2. The second-order valence-corrected chi connectivity index (χ2v) is 20.4. The second-order valence-electron chi connectivity index (χ2n) is 20.4. The number of fused-ring (bicyclic) bond motifs is 12. The van der Waals surface area contributed by atoms with Crippen molar-refractivity contribution in [3.63, 3.8) is 0 Å². The molecule has 15 rings (SSSR count). The average molecular weight is 961 g/mol. The number of furan rings is 2. The van der Waals surface area contributed by atoms with Crippen molar-refractivity contribution in [1.29, 1.82) is 0 Å². The Morgan fingerprint density at radius 3 is 1.33 bits per heavy atom. The molecule has 0 bridgehead atoms. The molecule has 4 heteroatoms. The highest BCUT2D eigenvalue weighted by Gasteiger charge is 2.39. The van der Waals surface area contributed by atoms with Gasteiger partial charge in [-0.3, -0.25) is 0 Å².